The van der Waals surface area contributed by atoms with Crippen LogP contribution >= 0.6 is 0 Å². The molecule has 11 nitrogen and oxygen atoms in total. The van der Waals surface area contributed by atoms with Gasteiger partial charge in [0.25, 0.3) is 5.56 Å². The Morgan fingerprint density at radius 2 is 1.70 bits per heavy atom. The average Bonchev–Trinajstić information content (AvgIpc) is 2.93. The van der Waals surface area contributed by atoms with Crippen LogP contribution in [0.4, 0.5) is 0 Å². The predicted molar refractivity (Wildman–Crippen MR) is 142 cm³/mol. The predicted octanol–water partition coefficient (Wildman–Crippen LogP) is 3.58. The molecule has 202 valence electrons. The van der Waals surface area contributed by atoms with E-state index in [0.717, 1.165) is 18.2 Å². The van der Waals surface area contributed by atoms with Gasteiger partial charge in [0, 0.05) is 41.8 Å². The van der Waals surface area contributed by atoms with Gasteiger partial charge in [-0.1, -0.05) is 0 Å². The number of pyridine rings is 1. The largest absolute Gasteiger partial charge is 0.507 e. The Balaban J connectivity index is 1.68. The molecule has 0 unspecified atom stereocenters. The quantitative estimate of drug-likeness (QED) is 0.150. The average molecular weight is 543 g/mol. The lowest BCUT2D eigenvalue weighted by atomic mass is 9.85. The summed E-state index contributed by atoms with van der Waals surface area (Å²) < 4.78 is 18.1. The van der Waals surface area contributed by atoms with Crippen molar-refractivity contribution in [2.24, 2.45) is 7.05 Å². The minimum Gasteiger partial charge on any atom is -0.507 e. The summed E-state index contributed by atoms with van der Waals surface area (Å²) in [5.74, 6) is -3.96. The van der Waals surface area contributed by atoms with Crippen LogP contribution in [0.5, 0.6) is 34.5 Å². The van der Waals surface area contributed by atoms with E-state index in [1.54, 1.807) is 31.3 Å². The van der Waals surface area contributed by atoms with Crippen LogP contribution in [0.2, 0.25) is 0 Å². The number of aromatic hydroxyl groups is 4. The van der Waals surface area contributed by atoms with Crippen molar-refractivity contribution in [1.29, 1.82) is 0 Å². The topological polar surface area (TPSA) is 169 Å². The second-order valence-corrected chi connectivity index (χ2v) is 9.44. The number of fused-ring (bicyclic) bond motifs is 4. The van der Waals surface area contributed by atoms with E-state index in [2.05, 4.69) is 0 Å². The Morgan fingerprint density at radius 3 is 2.42 bits per heavy atom. The molecule has 11 heteroatoms. The monoisotopic (exact) mass is 543 g/mol. The van der Waals surface area contributed by atoms with Crippen LogP contribution in [0.3, 0.4) is 0 Å². The first-order chi connectivity index (χ1) is 19.1. The van der Waals surface area contributed by atoms with E-state index >= 15 is 0 Å². The van der Waals surface area contributed by atoms with Gasteiger partial charge in [-0.05, 0) is 41.8 Å². The molecule has 1 atom stereocenters. The molecule has 6 rings (SSSR count). The third-order valence-corrected chi connectivity index (χ3v) is 7.14. The van der Waals surface area contributed by atoms with Crippen LogP contribution in [0.1, 0.15) is 23.5 Å². The minimum absolute atomic E-state index is 0.0452. The summed E-state index contributed by atoms with van der Waals surface area (Å²) in [4.78, 5) is 39.6. The van der Waals surface area contributed by atoms with Gasteiger partial charge in [0.2, 0.25) is 11.2 Å². The van der Waals surface area contributed by atoms with Gasteiger partial charge in [0.1, 0.15) is 28.2 Å². The molecule has 0 saturated heterocycles. The van der Waals surface area contributed by atoms with Gasteiger partial charge in [-0.25, -0.2) is 0 Å². The lowest BCUT2D eigenvalue weighted by Gasteiger charge is -2.26. The summed E-state index contributed by atoms with van der Waals surface area (Å²) in [6, 6.07) is 11.4. The molecule has 1 aliphatic rings. The number of ether oxygens (including phenoxy) is 2. The highest BCUT2D eigenvalue weighted by Crippen LogP contribution is 2.47. The molecule has 5 aromatic rings. The second kappa shape index (κ2) is 8.80. The third kappa shape index (κ3) is 3.62. The maximum Gasteiger partial charge on any atom is 0.312 e. The van der Waals surface area contributed by atoms with Gasteiger partial charge in [0.05, 0.1) is 19.0 Å². The third-order valence-electron chi connectivity index (χ3n) is 7.14. The molecular weight excluding hydrogens is 522 g/mol. The summed E-state index contributed by atoms with van der Waals surface area (Å²) in [5, 5.41) is 41.4. The summed E-state index contributed by atoms with van der Waals surface area (Å²) in [6.45, 7) is 0. The zero-order chi connectivity index (χ0) is 28.5. The standard InChI is InChI=1S/C29H21NO10/c1-30-17-9-14(38-2)5-3-12(17)7-16(29(30)37)15-10-22(34)39-21-11-20(33)24-25(35)26(36)27(40-28(24)23(15)21)13-4-6-18(31)19(32)8-13/h3-9,11,15,31-33,36H,10H2,1-2H3/t15-/m1/s1. The minimum atomic E-state index is -0.988. The molecule has 2 aromatic heterocycles. The zero-order valence-corrected chi connectivity index (χ0v) is 21.1. The van der Waals surface area contributed by atoms with Crippen molar-refractivity contribution in [2.75, 3.05) is 7.11 Å². The van der Waals surface area contributed by atoms with E-state index in [1.807, 2.05) is 0 Å². The highest BCUT2D eigenvalue weighted by atomic mass is 16.5. The van der Waals surface area contributed by atoms with E-state index in [-0.39, 0.29) is 45.6 Å². The first-order valence-corrected chi connectivity index (χ1v) is 12.1. The van der Waals surface area contributed by atoms with Crippen molar-refractivity contribution in [1.82, 2.24) is 4.57 Å². The smallest absolute Gasteiger partial charge is 0.312 e. The van der Waals surface area contributed by atoms with Crippen molar-refractivity contribution in [3.63, 3.8) is 0 Å². The fourth-order valence-electron chi connectivity index (χ4n) is 5.15. The zero-order valence-electron chi connectivity index (χ0n) is 21.1. The number of benzene rings is 3. The molecule has 0 saturated carbocycles. The fourth-order valence-corrected chi connectivity index (χ4v) is 5.15. The van der Waals surface area contributed by atoms with Gasteiger partial charge in [-0.15, -0.1) is 0 Å². The lowest BCUT2D eigenvalue weighted by Crippen LogP contribution is -2.29. The highest BCUT2D eigenvalue weighted by Gasteiger charge is 2.36. The molecule has 0 radical (unpaired) electrons. The van der Waals surface area contributed by atoms with E-state index in [4.69, 9.17) is 13.9 Å². The number of aromatic nitrogens is 1. The SMILES string of the molecule is COc1ccc2cc([C@H]3CC(=O)Oc4cc(O)c5c(=O)c(O)c(-c6ccc(O)c(O)c6)oc5c43)c(=O)n(C)c2c1. The van der Waals surface area contributed by atoms with Gasteiger partial charge < -0.3 is 38.9 Å². The number of phenols is 3. The summed E-state index contributed by atoms with van der Waals surface area (Å²) in [6.07, 6.45) is -0.274. The number of rotatable bonds is 3. The molecule has 4 N–H and O–H groups in total. The number of methoxy groups -OCH3 is 1. The first kappa shape index (κ1) is 24.9. The number of esters is 1. The Hall–Kier alpha value is -5.45. The van der Waals surface area contributed by atoms with Gasteiger partial charge >= 0.3 is 5.97 Å². The lowest BCUT2D eigenvalue weighted by molar-refractivity contribution is -0.135. The number of aryl methyl sites for hydroxylation is 1. The van der Waals surface area contributed by atoms with E-state index in [1.165, 1.54) is 17.7 Å². The molecule has 0 amide bonds. The molecule has 0 aliphatic carbocycles. The molecule has 3 aromatic carbocycles. The maximum absolute atomic E-state index is 13.6. The van der Waals surface area contributed by atoms with Gasteiger partial charge in [-0.2, -0.15) is 0 Å². The molecule has 0 spiro atoms. The number of nitrogens with zero attached hydrogens (tertiary/aromatic N) is 1. The molecular formula is C29H21NO10. The highest BCUT2D eigenvalue weighted by molar-refractivity contribution is 5.94. The number of phenolic OH excluding ortho intramolecular Hbond substituents is 3. The Labute approximate surface area is 224 Å². The number of hydrogen-bond donors (Lipinski definition) is 4. The van der Waals surface area contributed by atoms with Crippen molar-refractivity contribution < 1.29 is 39.1 Å². The number of carbonyl (C=O) groups is 1. The van der Waals surface area contributed by atoms with Crippen molar-refractivity contribution >= 4 is 27.8 Å². The van der Waals surface area contributed by atoms with Crippen molar-refractivity contribution in [2.45, 2.75) is 12.3 Å². The number of hydrogen-bond acceptors (Lipinski definition) is 10. The van der Waals surface area contributed by atoms with E-state index in [9.17, 15) is 34.8 Å². The van der Waals surface area contributed by atoms with Gasteiger partial charge in [-0.3, -0.25) is 14.4 Å². The maximum atomic E-state index is 13.6. The Bertz CT molecular complexity index is 2020. The summed E-state index contributed by atoms with van der Waals surface area (Å²) in [5.41, 5.74) is -0.620. The second-order valence-electron chi connectivity index (χ2n) is 9.44. The van der Waals surface area contributed by atoms with Crippen LogP contribution in [0.15, 0.2) is 62.5 Å². The van der Waals surface area contributed by atoms with Crippen LogP contribution < -0.4 is 20.5 Å². The first-order valence-electron chi connectivity index (χ1n) is 12.1. The van der Waals surface area contributed by atoms with E-state index in [0.29, 0.717) is 16.7 Å². The Morgan fingerprint density at radius 1 is 0.925 bits per heavy atom. The molecule has 0 fully saturated rings. The van der Waals surface area contributed by atoms with Crippen molar-refractivity contribution in [3.8, 4) is 45.8 Å². The molecule has 0 bridgehead atoms. The fraction of sp³-hybridized carbons (Fsp3) is 0.138. The van der Waals surface area contributed by atoms with E-state index < -0.39 is 45.9 Å². The number of carbonyl (C=O) groups excluding carboxylic acids is 1. The van der Waals surface area contributed by atoms with Gasteiger partial charge in [0.15, 0.2) is 17.3 Å². The molecule has 3 heterocycles. The Kier molecular flexibility index (Phi) is 5.47. The normalized spacial score (nSPS) is 14.8. The molecule has 40 heavy (non-hydrogen) atoms. The van der Waals surface area contributed by atoms with Crippen LogP contribution in [-0.4, -0.2) is 38.1 Å². The molecule has 1 aliphatic heterocycles. The van der Waals surface area contributed by atoms with Crippen LogP contribution in [0, 0.1) is 0 Å². The summed E-state index contributed by atoms with van der Waals surface area (Å²) in [7, 11) is 3.09. The van der Waals surface area contributed by atoms with Crippen LogP contribution in [-0.2, 0) is 11.8 Å². The summed E-state index contributed by atoms with van der Waals surface area (Å²) >= 11 is 0. The van der Waals surface area contributed by atoms with Crippen LogP contribution in [0.25, 0.3) is 33.2 Å². The van der Waals surface area contributed by atoms with Crippen molar-refractivity contribution in [3.05, 3.63) is 80.2 Å².